The van der Waals surface area contributed by atoms with E-state index in [-0.39, 0.29) is 18.0 Å². The largest absolute Gasteiger partial charge is 0.478 e. The monoisotopic (exact) mass is 342 g/mol. The van der Waals surface area contributed by atoms with Crippen molar-refractivity contribution in [1.29, 1.82) is 0 Å². The molecule has 0 bridgehead atoms. The van der Waals surface area contributed by atoms with Gasteiger partial charge in [-0.3, -0.25) is 4.79 Å². The first-order valence-corrected chi connectivity index (χ1v) is 7.98. The van der Waals surface area contributed by atoms with E-state index in [4.69, 9.17) is 0 Å². The Morgan fingerprint density at radius 3 is 2.79 bits per heavy atom. The molecule has 0 saturated carbocycles. The van der Waals surface area contributed by atoms with E-state index in [9.17, 15) is 14.7 Å². The van der Waals surface area contributed by atoms with Crippen LogP contribution >= 0.6 is 11.3 Å². The number of carboxylic acids is 1. The molecule has 24 heavy (non-hydrogen) atoms. The number of carbonyl (C=O) groups excluding carboxylic acids is 1. The Morgan fingerprint density at radius 2 is 2.08 bits per heavy atom. The van der Waals surface area contributed by atoms with Gasteiger partial charge in [-0.2, -0.15) is 0 Å². The smallest absolute Gasteiger partial charge is 0.337 e. The van der Waals surface area contributed by atoms with Gasteiger partial charge >= 0.3 is 5.97 Å². The van der Waals surface area contributed by atoms with Gasteiger partial charge in [-0.05, 0) is 19.1 Å². The predicted octanol–water partition coefficient (Wildman–Crippen LogP) is 2.27. The molecule has 0 aliphatic rings. The van der Waals surface area contributed by atoms with Crippen LogP contribution in [0.4, 0.5) is 0 Å². The predicted molar refractivity (Wildman–Crippen MR) is 88.5 cm³/mol. The Kier molecular flexibility index (Phi) is 4.39. The number of imidazole rings is 1. The van der Waals surface area contributed by atoms with Crippen molar-refractivity contribution < 1.29 is 14.7 Å². The summed E-state index contributed by atoms with van der Waals surface area (Å²) in [6.07, 6.45) is 3.22. The summed E-state index contributed by atoms with van der Waals surface area (Å²) < 4.78 is 1.63. The molecule has 0 spiro atoms. The number of carboxylic acid groups (broad SMARTS) is 1. The number of aromatic nitrogens is 3. The number of para-hydroxylation sites is 1. The number of aryl methyl sites for hydroxylation is 1. The van der Waals surface area contributed by atoms with E-state index in [2.05, 4.69) is 15.3 Å². The summed E-state index contributed by atoms with van der Waals surface area (Å²) >= 11 is 1.29. The highest BCUT2D eigenvalue weighted by molar-refractivity contribution is 7.11. The number of hydrogen-bond donors (Lipinski definition) is 2. The first-order valence-electron chi connectivity index (χ1n) is 7.10. The number of nitrogens with one attached hydrogen (secondary N) is 1. The number of amides is 1. The Hall–Kier alpha value is -3.00. The maximum atomic E-state index is 12.1. The quantitative estimate of drug-likeness (QED) is 0.741. The van der Waals surface area contributed by atoms with Gasteiger partial charge in [-0.1, -0.05) is 12.1 Å². The summed E-state index contributed by atoms with van der Waals surface area (Å²) in [5, 5.41) is 12.0. The van der Waals surface area contributed by atoms with Gasteiger partial charge in [0.15, 0.2) is 0 Å². The molecule has 2 N–H and O–H groups in total. The number of thiazole rings is 1. The van der Waals surface area contributed by atoms with Crippen LogP contribution in [0.25, 0.3) is 5.69 Å². The number of carbonyl (C=O) groups is 2. The van der Waals surface area contributed by atoms with Crippen LogP contribution < -0.4 is 5.32 Å². The van der Waals surface area contributed by atoms with Crippen molar-refractivity contribution in [1.82, 2.24) is 19.9 Å². The van der Waals surface area contributed by atoms with Crippen LogP contribution in [0.3, 0.4) is 0 Å². The zero-order chi connectivity index (χ0) is 17.1. The van der Waals surface area contributed by atoms with Crippen LogP contribution in [0.2, 0.25) is 0 Å². The van der Waals surface area contributed by atoms with Crippen LogP contribution in [-0.4, -0.2) is 31.5 Å². The summed E-state index contributed by atoms with van der Waals surface area (Å²) in [5.74, 6) is -1.20. The van der Waals surface area contributed by atoms with Crippen LogP contribution in [0, 0.1) is 6.92 Å². The minimum atomic E-state index is -1.00. The van der Waals surface area contributed by atoms with Gasteiger partial charge in [0.1, 0.15) is 4.88 Å². The molecule has 2 heterocycles. The summed E-state index contributed by atoms with van der Waals surface area (Å²) in [7, 11) is 0. The second-order valence-corrected chi connectivity index (χ2v) is 5.90. The molecular weight excluding hydrogens is 328 g/mol. The molecule has 0 aliphatic heterocycles. The highest BCUT2D eigenvalue weighted by atomic mass is 32.1. The van der Waals surface area contributed by atoms with Crippen LogP contribution in [0.15, 0.2) is 42.3 Å². The van der Waals surface area contributed by atoms with E-state index in [1.54, 1.807) is 41.4 Å². The molecule has 3 rings (SSSR count). The SMILES string of the molecule is Cc1ncsc1C(=O)NCc1cn(-c2ccccc2C(=O)O)cn1. The standard InChI is InChI=1S/C16H14N4O3S/c1-10-14(24-9-19-10)15(21)17-6-11-7-20(8-18-11)13-5-3-2-4-12(13)16(22)23/h2-5,7-9H,6H2,1H3,(H,17,21)(H,22,23). The molecule has 0 fully saturated rings. The molecule has 0 atom stereocenters. The van der Waals surface area contributed by atoms with E-state index in [1.807, 2.05) is 0 Å². The molecule has 0 radical (unpaired) electrons. The molecular formula is C16H14N4O3S. The molecule has 0 saturated heterocycles. The summed E-state index contributed by atoms with van der Waals surface area (Å²) in [6.45, 7) is 2.03. The zero-order valence-corrected chi connectivity index (χ0v) is 13.6. The van der Waals surface area contributed by atoms with Crippen molar-refractivity contribution >= 4 is 23.2 Å². The molecule has 7 nitrogen and oxygen atoms in total. The van der Waals surface area contributed by atoms with Crippen molar-refractivity contribution in [3.63, 3.8) is 0 Å². The van der Waals surface area contributed by atoms with E-state index < -0.39 is 5.97 Å². The van der Waals surface area contributed by atoms with Gasteiger partial charge in [0.2, 0.25) is 0 Å². The summed E-state index contributed by atoms with van der Waals surface area (Å²) in [5.41, 5.74) is 3.66. The molecule has 1 aromatic carbocycles. The Balaban J connectivity index is 1.74. The fourth-order valence-corrected chi connectivity index (χ4v) is 2.96. The van der Waals surface area contributed by atoms with Crippen molar-refractivity contribution in [2.45, 2.75) is 13.5 Å². The molecule has 2 aromatic heterocycles. The Bertz CT molecular complexity index is 900. The fourth-order valence-electron chi connectivity index (χ4n) is 2.24. The Labute approximate surface area is 141 Å². The number of benzene rings is 1. The maximum absolute atomic E-state index is 12.1. The van der Waals surface area contributed by atoms with Crippen LogP contribution in [0.1, 0.15) is 31.4 Å². The minimum Gasteiger partial charge on any atom is -0.478 e. The number of nitrogens with zero attached hydrogens (tertiary/aromatic N) is 3. The first-order chi connectivity index (χ1) is 11.6. The molecule has 0 aliphatic carbocycles. The third-order valence-electron chi connectivity index (χ3n) is 3.43. The van der Waals surface area contributed by atoms with Gasteiger partial charge in [-0.25, -0.2) is 14.8 Å². The normalized spacial score (nSPS) is 10.5. The number of rotatable bonds is 5. The second-order valence-electron chi connectivity index (χ2n) is 5.04. The van der Waals surface area contributed by atoms with Crippen molar-refractivity contribution in [2.24, 2.45) is 0 Å². The van der Waals surface area contributed by atoms with E-state index in [0.29, 0.717) is 22.0 Å². The van der Waals surface area contributed by atoms with Gasteiger partial charge in [0.25, 0.3) is 5.91 Å². The summed E-state index contributed by atoms with van der Waals surface area (Å²) in [6, 6.07) is 6.66. The number of hydrogen-bond acceptors (Lipinski definition) is 5. The fraction of sp³-hybridized carbons (Fsp3) is 0.125. The second kappa shape index (κ2) is 6.63. The average molecular weight is 342 g/mol. The molecule has 1 amide bonds. The lowest BCUT2D eigenvalue weighted by Crippen LogP contribution is -2.22. The lowest BCUT2D eigenvalue weighted by atomic mass is 10.2. The molecule has 122 valence electrons. The minimum absolute atomic E-state index is 0.186. The topological polar surface area (TPSA) is 97.1 Å². The maximum Gasteiger partial charge on any atom is 0.337 e. The van der Waals surface area contributed by atoms with E-state index >= 15 is 0 Å². The first kappa shape index (κ1) is 15.9. The lowest BCUT2D eigenvalue weighted by Gasteiger charge is -2.06. The number of aromatic carboxylic acids is 1. The van der Waals surface area contributed by atoms with Gasteiger partial charge < -0.3 is 15.0 Å². The van der Waals surface area contributed by atoms with Crippen LogP contribution in [-0.2, 0) is 6.54 Å². The van der Waals surface area contributed by atoms with Crippen molar-refractivity contribution in [3.05, 3.63) is 64.1 Å². The van der Waals surface area contributed by atoms with Crippen molar-refractivity contribution in [2.75, 3.05) is 0 Å². The summed E-state index contributed by atoms with van der Waals surface area (Å²) in [4.78, 5) is 32.2. The lowest BCUT2D eigenvalue weighted by molar-refractivity contribution is 0.0696. The van der Waals surface area contributed by atoms with Crippen molar-refractivity contribution in [3.8, 4) is 5.69 Å². The zero-order valence-electron chi connectivity index (χ0n) is 12.8. The third kappa shape index (κ3) is 3.18. The molecule has 0 unspecified atom stereocenters. The third-order valence-corrected chi connectivity index (χ3v) is 4.36. The highest BCUT2D eigenvalue weighted by Crippen LogP contribution is 2.15. The van der Waals surface area contributed by atoms with Crippen LogP contribution in [0.5, 0.6) is 0 Å². The molecule has 3 aromatic rings. The Morgan fingerprint density at radius 1 is 1.29 bits per heavy atom. The van der Waals surface area contributed by atoms with E-state index in [0.717, 1.165) is 0 Å². The van der Waals surface area contributed by atoms with Gasteiger partial charge in [-0.15, -0.1) is 11.3 Å². The highest BCUT2D eigenvalue weighted by Gasteiger charge is 2.13. The van der Waals surface area contributed by atoms with Gasteiger partial charge in [0.05, 0.1) is 41.0 Å². The molecule has 8 heteroatoms. The van der Waals surface area contributed by atoms with E-state index in [1.165, 1.54) is 23.7 Å². The average Bonchev–Trinajstić information content (AvgIpc) is 3.21. The van der Waals surface area contributed by atoms with Gasteiger partial charge in [0, 0.05) is 6.20 Å².